The van der Waals surface area contributed by atoms with Crippen LogP contribution in [0.4, 0.5) is 0 Å². The largest absolute Gasteiger partial charge is 0.451 e. The Morgan fingerprint density at radius 3 is 2.50 bits per heavy atom. The van der Waals surface area contributed by atoms with E-state index in [0.717, 1.165) is 44.4 Å². The van der Waals surface area contributed by atoms with Crippen LogP contribution >= 0.6 is 11.6 Å². The van der Waals surface area contributed by atoms with Crippen molar-refractivity contribution < 1.29 is 22.4 Å². The molecule has 0 radical (unpaired) electrons. The van der Waals surface area contributed by atoms with Crippen molar-refractivity contribution in [3.05, 3.63) is 17.9 Å². The molecule has 0 atom stereocenters. The number of rotatable bonds is 6. The summed E-state index contributed by atoms with van der Waals surface area (Å²) < 4.78 is 27.1. The molecule has 2 amide bonds. The summed E-state index contributed by atoms with van der Waals surface area (Å²) in [6.45, 7) is 0.227. The van der Waals surface area contributed by atoms with E-state index in [-0.39, 0.29) is 23.9 Å². The number of hydrogen-bond acceptors (Lipinski definition) is 5. The van der Waals surface area contributed by atoms with Crippen LogP contribution in [-0.4, -0.2) is 38.2 Å². The van der Waals surface area contributed by atoms with Crippen molar-refractivity contribution in [1.29, 1.82) is 0 Å². The molecule has 24 heavy (non-hydrogen) atoms. The highest BCUT2D eigenvalue weighted by atomic mass is 35.5. The minimum absolute atomic E-state index is 0.0497. The van der Waals surface area contributed by atoms with Gasteiger partial charge in [-0.15, -0.1) is 11.6 Å². The third kappa shape index (κ3) is 4.71. The van der Waals surface area contributed by atoms with E-state index in [0.29, 0.717) is 0 Å². The topological polar surface area (TPSA) is 132 Å². The standard InChI is InChI=1S/C14H20ClN3O5S/c15-7-11(19)18-14(4-2-1-3-5-14)9-17-13(20)10-6-12(23-8-10)24(16,21)22/h6,8H,1-5,7,9H2,(H,17,20)(H,18,19)(H2,16,21,22). The number of furan rings is 1. The van der Waals surface area contributed by atoms with Gasteiger partial charge in [0.2, 0.25) is 11.0 Å². The van der Waals surface area contributed by atoms with E-state index in [1.165, 1.54) is 0 Å². The van der Waals surface area contributed by atoms with Crippen LogP contribution in [0.2, 0.25) is 0 Å². The first-order chi connectivity index (χ1) is 11.3. The maximum atomic E-state index is 12.2. The van der Waals surface area contributed by atoms with Gasteiger partial charge in [-0.25, -0.2) is 13.6 Å². The van der Waals surface area contributed by atoms with E-state index in [4.69, 9.17) is 21.2 Å². The summed E-state index contributed by atoms with van der Waals surface area (Å²) in [6.07, 6.45) is 5.47. The van der Waals surface area contributed by atoms with Crippen molar-refractivity contribution in [3.8, 4) is 0 Å². The second kappa shape index (κ2) is 7.54. The lowest BCUT2D eigenvalue weighted by Crippen LogP contribution is -2.57. The molecule has 4 N–H and O–H groups in total. The monoisotopic (exact) mass is 377 g/mol. The molecule has 1 aliphatic rings. The number of halogens is 1. The van der Waals surface area contributed by atoms with Crippen molar-refractivity contribution in [2.75, 3.05) is 12.4 Å². The van der Waals surface area contributed by atoms with Gasteiger partial charge in [0.1, 0.15) is 12.1 Å². The summed E-state index contributed by atoms with van der Waals surface area (Å²) in [5, 5.41) is 10.1. The molecule has 0 spiro atoms. The van der Waals surface area contributed by atoms with Crippen LogP contribution < -0.4 is 15.8 Å². The second-order valence-electron chi connectivity index (χ2n) is 5.90. The van der Waals surface area contributed by atoms with Gasteiger partial charge in [0.05, 0.1) is 11.1 Å². The molecule has 2 rings (SSSR count). The second-order valence-corrected chi connectivity index (χ2v) is 7.66. The fourth-order valence-corrected chi connectivity index (χ4v) is 3.38. The number of alkyl halides is 1. The van der Waals surface area contributed by atoms with Crippen LogP contribution in [-0.2, 0) is 14.8 Å². The van der Waals surface area contributed by atoms with Gasteiger partial charge in [0, 0.05) is 12.6 Å². The van der Waals surface area contributed by atoms with Gasteiger partial charge >= 0.3 is 0 Å². The molecule has 134 valence electrons. The van der Waals surface area contributed by atoms with Crippen molar-refractivity contribution in [2.45, 2.75) is 42.7 Å². The molecule has 1 aliphatic carbocycles. The van der Waals surface area contributed by atoms with E-state index in [1.807, 2.05) is 0 Å². The highest BCUT2D eigenvalue weighted by Gasteiger charge is 2.34. The molecule has 1 aromatic rings. The maximum Gasteiger partial charge on any atom is 0.271 e. The first-order valence-corrected chi connectivity index (χ1v) is 9.60. The smallest absolute Gasteiger partial charge is 0.271 e. The van der Waals surface area contributed by atoms with Gasteiger partial charge in [-0.3, -0.25) is 9.59 Å². The van der Waals surface area contributed by atoms with Crippen LogP contribution in [0.15, 0.2) is 21.8 Å². The molecule has 1 heterocycles. The first kappa shape index (κ1) is 18.8. The summed E-state index contributed by atoms with van der Waals surface area (Å²) in [5.41, 5.74) is -0.486. The molecule has 0 unspecified atom stereocenters. The van der Waals surface area contributed by atoms with Crippen molar-refractivity contribution in [2.24, 2.45) is 5.14 Å². The Hall–Kier alpha value is -1.58. The van der Waals surface area contributed by atoms with Gasteiger partial charge < -0.3 is 15.1 Å². The number of primary sulfonamides is 1. The van der Waals surface area contributed by atoms with Crippen LogP contribution in [0, 0.1) is 0 Å². The summed E-state index contributed by atoms with van der Waals surface area (Å²) in [7, 11) is -4.00. The Kier molecular flexibility index (Phi) is 5.89. The molecule has 0 saturated heterocycles. The summed E-state index contributed by atoms with van der Waals surface area (Å²) in [4.78, 5) is 23.8. The van der Waals surface area contributed by atoms with E-state index >= 15 is 0 Å². The molecule has 0 aliphatic heterocycles. The lowest BCUT2D eigenvalue weighted by atomic mass is 9.81. The Balaban J connectivity index is 2.04. The van der Waals surface area contributed by atoms with Gasteiger partial charge in [0.15, 0.2) is 0 Å². The van der Waals surface area contributed by atoms with E-state index in [1.54, 1.807) is 0 Å². The third-order valence-corrected chi connectivity index (χ3v) is 5.06. The average molecular weight is 378 g/mol. The van der Waals surface area contributed by atoms with Crippen molar-refractivity contribution >= 4 is 33.4 Å². The zero-order chi connectivity index (χ0) is 17.8. The van der Waals surface area contributed by atoms with Crippen molar-refractivity contribution in [3.63, 3.8) is 0 Å². The fourth-order valence-electron chi connectivity index (χ4n) is 2.84. The van der Waals surface area contributed by atoms with Crippen LogP contribution in [0.1, 0.15) is 42.5 Å². The highest BCUT2D eigenvalue weighted by Crippen LogP contribution is 2.28. The number of carbonyl (C=O) groups excluding carboxylic acids is 2. The van der Waals surface area contributed by atoms with Crippen LogP contribution in [0.25, 0.3) is 0 Å². The van der Waals surface area contributed by atoms with Crippen LogP contribution in [0.5, 0.6) is 0 Å². The number of nitrogens with one attached hydrogen (secondary N) is 2. The zero-order valence-electron chi connectivity index (χ0n) is 13.0. The van der Waals surface area contributed by atoms with Gasteiger partial charge in [-0.2, -0.15) is 0 Å². The van der Waals surface area contributed by atoms with E-state index in [2.05, 4.69) is 10.6 Å². The van der Waals surface area contributed by atoms with Crippen LogP contribution in [0.3, 0.4) is 0 Å². The molecule has 1 fully saturated rings. The van der Waals surface area contributed by atoms with Gasteiger partial charge in [-0.05, 0) is 12.8 Å². The van der Waals surface area contributed by atoms with Crippen molar-refractivity contribution in [1.82, 2.24) is 10.6 Å². The molecule has 1 saturated carbocycles. The Morgan fingerprint density at radius 1 is 1.29 bits per heavy atom. The molecular weight excluding hydrogens is 358 g/mol. The maximum absolute atomic E-state index is 12.2. The molecule has 8 nitrogen and oxygen atoms in total. The number of amides is 2. The fraction of sp³-hybridized carbons (Fsp3) is 0.571. The Bertz CT molecular complexity index is 710. The first-order valence-electron chi connectivity index (χ1n) is 7.52. The SMILES string of the molecule is NS(=O)(=O)c1cc(C(=O)NCC2(NC(=O)CCl)CCCCC2)co1. The molecular formula is C14H20ClN3O5S. The molecule has 1 aromatic heterocycles. The lowest BCUT2D eigenvalue weighted by Gasteiger charge is -2.38. The minimum atomic E-state index is -4.00. The Morgan fingerprint density at radius 2 is 1.96 bits per heavy atom. The summed E-state index contributed by atoms with van der Waals surface area (Å²) >= 11 is 5.56. The molecule has 10 heteroatoms. The number of nitrogens with two attached hydrogens (primary N) is 1. The number of carbonyl (C=O) groups is 2. The van der Waals surface area contributed by atoms with E-state index in [9.17, 15) is 18.0 Å². The molecule has 0 aromatic carbocycles. The lowest BCUT2D eigenvalue weighted by molar-refractivity contribution is -0.121. The minimum Gasteiger partial charge on any atom is -0.451 e. The van der Waals surface area contributed by atoms with E-state index < -0.39 is 26.6 Å². The number of sulfonamides is 1. The normalized spacial score (nSPS) is 17.2. The predicted molar refractivity (Wildman–Crippen MR) is 87.1 cm³/mol. The predicted octanol–water partition coefficient (Wildman–Crippen LogP) is 0.715. The molecule has 0 bridgehead atoms. The van der Waals surface area contributed by atoms with Gasteiger partial charge in [-0.1, -0.05) is 19.3 Å². The highest BCUT2D eigenvalue weighted by molar-refractivity contribution is 7.89. The Labute approximate surface area is 145 Å². The third-order valence-electron chi connectivity index (χ3n) is 4.04. The number of hydrogen-bond donors (Lipinski definition) is 3. The summed E-state index contributed by atoms with van der Waals surface area (Å²) in [6, 6.07) is 1.07. The average Bonchev–Trinajstić information content (AvgIpc) is 3.04. The zero-order valence-corrected chi connectivity index (χ0v) is 14.6. The van der Waals surface area contributed by atoms with Gasteiger partial charge in [0.25, 0.3) is 15.9 Å². The quantitative estimate of drug-likeness (QED) is 0.628. The summed E-state index contributed by atoms with van der Waals surface area (Å²) in [5.74, 6) is -0.929.